The molecule has 0 amide bonds. The van der Waals surface area contributed by atoms with Crippen LogP contribution in [0.1, 0.15) is 50.3 Å². The lowest BCUT2D eigenvalue weighted by Crippen LogP contribution is -2.55. The molecule has 2 heterocycles. The molecule has 1 fully saturated rings. The van der Waals surface area contributed by atoms with Crippen LogP contribution in [0.3, 0.4) is 0 Å². The molecular formula is C18H28N2O. The molecule has 0 aromatic heterocycles. The summed E-state index contributed by atoms with van der Waals surface area (Å²) < 4.78 is 6.03. The summed E-state index contributed by atoms with van der Waals surface area (Å²) in [6, 6.07) is 8.79. The van der Waals surface area contributed by atoms with Gasteiger partial charge < -0.3 is 10.5 Å². The van der Waals surface area contributed by atoms with Crippen LogP contribution < -0.4 is 5.73 Å². The normalized spacial score (nSPS) is 24.8. The van der Waals surface area contributed by atoms with Crippen molar-refractivity contribution in [2.75, 3.05) is 19.7 Å². The minimum Gasteiger partial charge on any atom is -0.373 e. The second kappa shape index (κ2) is 6.07. The number of benzene rings is 1. The van der Waals surface area contributed by atoms with Gasteiger partial charge >= 0.3 is 0 Å². The predicted molar refractivity (Wildman–Crippen MR) is 86.3 cm³/mol. The van der Waals surface area contributed by atoms with Crippen molar-refractivity contribution in [3.63, 3.8) is 0 Å². The monoisotopic (exact) mass is 288 g/mol. The molecule has 116 valence electrons. The number of nitrogens with zero attached hydrogens (tertiary/aromatic N) is 1. The Labute approximate surface area is 128 Å². The first kappa shape index (κ1) is 15.0. The molecule has 1 aromatic carbocycles. The number of fused-ring (bicyclic) bond motifs is 1. The fourth-order valence-electron chi connectivity index (χ4n) is 3.72. The second-order valence-corrected chi connectivity index (χ2v) is 7.00. The van der Waals surface area contributed by atoms with Crippen molar-refractivity contribution in [2.45, 2.75) is 57.2 Å². The van der Waals surface area contributed by atoms with Gasteiger partial charge in [-0.3, -0.25) is 4.90 Å². The van der Waals surface area contributed by atoms with Gasteiger partial charge in [-0.1, -0.05) is 24.3 Å². The minimum absolute atomic E-state index is 0.0479. The zero-order chi connectivity index (χ0) is 14.9. The van der Waals surface area contributed by atoms with Crippen molar-refractivity contribution >= 4 is 0 Å². The highest BCUT2D eigenvalue weighted by atomic mass is 16.5. The van der Waals surface area contributed by atoms with E-state index in [1.54, 1.807) is 0 Å². The Bertz CT molecular complexity index is 480. The van der Waals surface area contributed by atoms with E-state index in [4.69, 9.17) is 10.5 Å². The summed E-state index contributed by atoms with van der Waals surface area (Å²) >= 11 is 0. The maximum Gasteiger partial charge on any atom is 0.0843 e. The Kier molecular flexibility index (Phi) is 4.34. The van der Waals surface area contributed by atoms with Crippen molar-refractivity contribution in [2.24, 2.45) is 5.73 Å². The lowest BCUT2D eigenvalue weighted by atomic mass is 9.85. The maximum absolute atomic E-state index is 6.60. The second-order valence-electron chi connectivity index (χ2n) is 7.00. The first-order chi connectivity index (χ1) is 10.1. The zero-order valence-corrected chi connectivity index (χ0v) is 13.3. The van der Waals surface area contributed by atoms with E-state index in [1.165, 1.54) is 37.1 Å². The van der Waals surface area contributed by atoms with Crippen molar-refractivity contribution < 1.29 is 4.74 Å². The van der Waals surface area contributed by atoms with Gasteiger partial charge in [0.25, 0.3) is 0 Å². The summed E-state index contributed by atoms with van der Waals surface area (Å²) in [7, 11) is 0. The lowest BCUT2D eigenvalue weighted by molar-refractivity contribution is 0.0141. The van der Waals surface area contributed by atoms with E-state index < -0.39 is 0 Å². The standard InChI is InChI=1S/C18H28N2O/c1-18(2,20-10-5-6-11-20)17(19)13-16-15-8-4-3-7-14(15)9-12-21-16/h3-4,7-8,16-17H,5-6,9-13,19H2,1-2H3. The van der Waals surface area contributed by atoms with Crippen molar-refractivity contribution in [3.8, 4) is 0 Å². The molecular weight excluding hydrogens is 260 g/mol. The Hall–Kier alpha value is -0.900. The Morgan fingerprint density at radius 1 is 1.29 bits per heavy atom. The van der Waals surface area contributed by atoms with Crippen LogP contribution in [0.25, 0.3) is 0 Å². The summed E-state index contributed by atoms with van der Waals surface area (Å²) in [4.78, 5) is 2.55. The largest absolute Gasteiger partial charge is 0.373 e. The zero-order valence-electron chi connectivity index (χ0n) is 13.3. The number of hydrogen-bond acceptors (Lipinski definition) is 3. The number of nitrogens with two attached hydrogens (primary N) is 1. The highest BCUT2D eigenvalue weighted by molar-refractivity contribution is 5.31. The molecule has 2 unspecified atom stereocenters. The quantitative estimate of drug-likeness (QED) is 0.926. The van der Waals surface area contributed by atoms with Crippen molar-refractivity contribution in [1.29, 1.82) is 0 Å². The number of hydrogen-bond donors (Lipinski definition) is 1. The molecule has 3 heteroatoms. The maximum atomic E-state index is 6.60. The molecule has 3 nitrogen and oxygen atoms in total. The molecule has 0 saturated carbocycles. The van der Waals surface area contributed by atoms with Crippen LogP contribution in [0.4, 0.5) is 0 Å². The van der Waals surface area contributed by atoms with Crippen LogP contribution in [0, 0.1) is 0 Å². The Balaban J connectivity index is 1.72. The fraction of sp³-hybridized carbons (Fsp3) is 0.667. The Morgan fingerprint density at radius 3 is 2.76 bits per heavy atom. The predicted octanol–water partition coefficient (Wildman–Crippen LogP) is 2.89. The van der Waals surface area contributed by atoms with E-state index >= 15 is 0 Å². The summed E-state index contributed by atoms with van der Waals surface area (Å²) in [6.45, 7) is 7.76. The van der Waals surface area contributed by atoms with E-state index in [0.717, 1.165) is 19.4 Å². The number of rotatable bonds is 4. The smallest absolute Gasteiger partial charge is 0.0843 e. The van der Waals surface area contributed by atoms with E-state index in [0.29, 0.717) is 0 Å². The van der Waals surface area contributed by atoms with Gasteiger partial charge in [-0.15, -0.1) is 0 Å². The molecule has 1 aromatic rings. The van der Waals surface area contributed by atoms with Gasteiger partial charge in [0, 0.05) is 11.6 Å². The Morgan fingerprint density at radius 2 is 2.00 bits per heavy atom. The molecule has 1 saturated heterocycles. The first-order valence-electron chi connectivity index (χ1n) is 8.29. The van der Waals surface area contributed by atoms with Crippen LogP contribution in [0.2, 0.25) is 0 Å². The molecule has 3 rings (SSSR count). The van der Waals surface area contributed by atoms with Crippen LogP contribution in [0.15, 0.2) is 24.3 Å². The van der Waals surface area contributed by atoms with Crippen LogP contribution in [-0.2, 0) is 11.2 Å². The first-order valence-corrected chi connectivity index (χ1v) is 8.29. The molecule has 2 aliphatic heterocycles. The van der Waals surface area contributed by atoms with Gasteiger partial charge in [0.1, 0.15) is 0 Å². The third-order valence-corrected chi connectivity index (χ3v) is 5.39. The van der Waals surface area contributed by atoms with Crippen LogP contribution in [0.5, 0.6) is 0 Å². The molecule has 0 radical (unpaired) electrons. The lowest BCUT2D eigenvalue weighted by Gasteiger charge is -2.42. The summed E-state index contributed by atoms with van der Waals surface area (Å²) in [5, 5.41) is 0. The van der Waals surface area contributed by atoms with Crippen molar-refractivity contribution in [1.82, 2.24) is 4.90 Å². The molecule has 21 heavy (non-hydrogen) atoms. The van der Waals surface area contributed by atoms with Gasteiger partial charge in [-0.05, 0) is 63.7 Å². The highest BCUT2D eigenvalue weighted by Crippen LogP contribution is 2.34. The number of likely N-dealkylation sites (tertiary alicyclic amines) is 1. The SMILES string of the molecule is CC(C)(C(N)CC1OCCc2ccccc21)N1CCCC1. The molecule has 0 bridgehead atoms. The summed E-state index contributed by atoms with van der Waals surface area (Å²) in [6.07, 6.45) is 4.70. The van der Waals surface area contributed by atoms with E-state index in [9.17, 15) is 0 Å². The topological polar surface area (TPSA) is 38.5 Å². The van der Waals surface area contributed by atoms with E-state index in [-0.39, 0.29) is 17.7 Å². The minimum atomic E-state index is 0.0479. The fourth-order valence-corrected chi connectivity index (χ4v) is 3.72. The molecule has 2 aliphatic rings. The summed E-state index contributed by atoms with van der Waals surface area (Å²) in [5.74, 6) is 0. The third-order valence-electron chi connectivity index (χ3n) is 5.39. The molecule has 2 atom stereocenters. The third kappa shape index (κ3) is 3.01. The molecule has 0 aliphatic carbocycles. The molecule has 2 N–H and O–H groups in total. The van der Waals surface area contributed by atoms with Gasteiger partial charge in [-0.25, -0.2) is 0 Å². The van der Waals surface area contributed by atoms with Gasteiger partial charge in [0.05, 0.1) is 12.7 Å². The summed E-state index contributed by atoms with van der Waals surface area (Å²) in [5.41, 5.74) is 9.42. The van der Waals surface area contributed by atoms with E-state index in [1.807, 2.05) is 0 Å². The van der Waals surface area contributed by atoms with Gasteiger partial charge in [0.2, 0.25) is 0 Å². The number of ether oxygens (including phenoxy) is 1. The van der Waals surface area contributed by atoms with Crippen LogP contribution in [-0.4, -0.2) is 36.2 Å². The van der Waals surface area contributed by atoms with Gasteiger partial charge in [-0.2, -0.15) is 0 Å². The van der Waals surface area contributed by atoms with E-state index in [2.05, 4.69) is 43.0 Å². The van der Waals surface area contributed by atoms with Gasteiger partial charge in [0.15, 0.2) is 0 Å². The van der Waals surface area contributed by atoms with Crippen molar-refractivity contribution in [3.05, 3.63) is 35.4 Å². The average Bonchev–Trinajstić information content (AvgIpc) is 3.02. The average molecular weight is 288 g/mol. The highest BCUT2D eigenvalue weighted by Gasteiger charge is 2.36. The molecule has 0 spiro atoms. The van der Waals surface area contributed by atoms with Crippen LogP contribution >= 0.6 is 0 Å².